The van der Waals surface area contributed by atoms with Crippen molar-refractivity contribution in [1.29, 1.82) is 0 Å². The number of aromatic nitrogens is 2. The second-order valence-electron chi connectivity index (χ2n) is 7.16. The number of carbonyl (C=O) groups is 1. The van der Waals surface area contributed by atoms with E-state index < -0.39 is 42.1 Å². The van der Waals surface area contributed by atoms with Crippen molar-refractivity contribution < 1.29 is 26.5 Å². The van der Waals surface area contributed by atoms with Gasteiger partial charge in [0.05, 0.1) is 40.3 Å². The quantitative estimate of drug-likeness (QED) is 0.482. The monoisotopic (exact) mass is 512 g/mol. The highest BCUT2D eigenvalue weighted by molar-refractivity contribution is 8.64. The molecule has 9 nitrogen and oxygen atoms in total. The van der Waals surface area contributed by atoms with Crippen molar-refractivity contribution in [3.8, 4) is 5.75 Å². The molecule has 174 valence electrons. The summed E-state index contributed by atoms with van der Waals surface area (Å²) in [6, 6.07) is 7.32. The van der Waals surface area contributed by atoms with Crippen LogP contribution in [0.25, 0.3) is 10.9 Å². The van der Waals surface area contributed by atoms with Crippen molar-refractivity contribution in [3.63, 3.8) is 0 Å². The normalized spacial score (nSPS) is 19.4. The van der Waals surface area contributed by atoms with E-state index in [4.69, 9.17) is 16.3 Å². The molecule has 13 heteroatoms. The Morgan fingerprint density at radius 1 is 1.30 bits per heavy atom. The number of benzene rings is 2. The van der Waals surface area contributed by atoms with Gasteiger partial charge in [-0.05, 0) is 31.2 Å². The Labute approximate surface area is 195 Å². The van der Waals surface area contributed by atoms with Gasteiger partial charge >= 0.3 is 0 Å². The van der Waals surface area contributed by atoms with Crippen LogP contribution in [-0.4, -0.2) is 46.6 Å². The van der Waals surface area contributed by atoms with E-state index in [-0.39, 0.29) is 16.5 Å². The molecular weight excluding hydrogens is 495 g/mol. The van der Waals surface area contributed by atoms with Crippen molar-refractivity contribution in [3.05, 3.63) is 47.5 Å². The highest BCUT2D eigenvalue weighted by Crippen LogP contribution is 2.34. The summed E-state index contributed by atoms with van der Waals surface area (Å²) in [7, 11) is -5.89. The first kappa shape index (κ1) is 23.3. The van der Waals surface area contributed by atoms with E-state index in [0.717, 1.165) is 0 Å². The maximum Gasteiger partial charge on any atom is 0.230 e. The summed E-state index contributed by atoms with van der Waals surface area (Å²) >= 11 is 5.85. The molecule has 1 amide bonds. The molecule has 0 spiro atoms. The standard InChI is InChI=1S/C20H18ClFN4O5S2/c1-2-31-18-7-16-13(6-17(18)26-20(27)11-8-32(28)33(29,30)9-11)19(24-10-23-16)25-12-3-4-15(22)14(21)5-12/h3-7,10-11H,2,8-9H2,1H3,(H,26,27)(H,23,24,25). The SMILES string of the molecule is CCOc1cc2ncnc(Nc3ccc(F)c(Cl)c3)c2cc1NC(=O)C1CS(=O)S(=O)(=O)C1. The van der Waals surface area contributed by atoms with E-state index in [9.17, 15) is 21.8 Å². The Morgan fingerprint density at radius 2 is 2.09 bits per heavy atom. The molecule has 0 bridgehead atoms. The van der Waals surface area contributed by atoms with Gasteiger partial charge in [0.1, 0.15) is 33.5 Å². The molecule has 33 heavy (non-hydrogen) atoms. The number of fused-ring (bicyclic) bond motifs is 1. The van der Waals surface area contributed by atoms with Gasteiger partial charge in [0.2, 0.25) is 14.8 Å². The lowest BCUT2D eigenvalue weighted by Gasteiger charge is -2.16. The van der Waals surface area contributed by atoms with Crippen LogP contribution in [0.3, 0.4) is 0 Å². The van der Waals surface area contributed by atoms with E-state index >= 15 is 0 Å². The largest absolute Gasteiger partial charge is 0.492 e. The predicted octanol–water partition coefficient (Wildman–Crippen LogP) is 3.21. The minimum Gasteiger partial charge on any atom is -0.492 e. The van der Waals surface area contributed by atoms with Crippen LogP contribution in [0.4, 0.5) is 21.6 Å². The lowest BCUT2D eigenvalue weighted by atomic mass is 10.1. The Kier molecular flexibility index (Phi) is 6.50. The second-order valence-corrected chi connectivity index (χ2v) is 12.6. The molecule has 0 aliphatic carbocycles. The highest BCUT2D eigenvalue weighted by Gasteiger charge is 2.39. The molecule has 1 aliphatic rings. The van der Waals surface area contributed by atoms with E-state index in [1.807, 2.05) is 0 Å². The molecule has 1 aromatic heterocycles. The van der Waals surface area contributed by atoms with Crippen LogP contribution < -0.4 is 15.4 Å². The van der Waals surface area contributed by atoms with Gasteiger partial charge in [-0.2, -0.15) is 0 Å². The zero-order valence-corrected chi connectivity index (χ0v) is 19.6. The summed E-state index contributed by atoms with van der Waals surface area (Å²) in [5.41, 5.74) is 1.27. The lowest BCUT2D eigenvalue weighted by molar-refractivity contribution is -0.118. The van der Waals surface area contributed by atoms with Crippen LogP contribution in [-0.2, 0) is 23.5 Å². The van der Waals surface area contributed by atoms with E-state index in [2.05, 4.69) is 20.6 Å². The zero-order valence-electron chi connectivity index (χ0n) is 17.2. The van der Waals surface area contributed by atoms with Gasteiger partial charge < -0.3 is 15.4 Å². The number of halogens is 2. The van der Waals surface area contributed by atoms with Gasteiger partial charge in [-0.3, -0.25) is 4.79 Å². The number of nitrogens with zero attached hydrogens (tertiary/aromatic N) is 2. The average molecular weight is 513 g/mol. The number of anilines is 3. The minimum absolute atomic E-state index is 0.0613. The number of ether oxygens (including phenoxy) is 1. The first-order valence-electron chi connectivity index (χ1n) is 9.74. The maximum atomic E-state index is 13.5. The Hall–Kier alpha value is -2.83. The minimum atomic E-state index is -3.80. The smallest absolute Gasteiger partial charge is 0.230 e. The van der Waals surface area contributed by atoms with Crippen LogP contribution in [0.15, 0.2) is 36.7 Å². The number of nitrogens with one attached hydrogen (secondary N) is 2. The molecule has 3 aromatic rings. The molecule has 0 saturated carbocycles. The van der Waals surface area contributed by atoms with Crippen molar-refractivity contribution in [2.75, 3.05) is 28.7 Å². The van der Waals surface area contributed by atoms with Crippen molar-refractivity contribution in [1.82, 2.24) is 9.97 Å². The topological polar surface area (TPSA) is 127 Å². The van der Waals surface area contributed by atoms with Gasteiger partial charge in [-0.1, -0.05) is 11.6 Å². The number of amides is 1. The molecule has 1 fully saturated rings. The molecule has 2 atom stereocenters. The first-order chi connectivity index (χ1) is 15.7. The summed E-state index contributed by atoms with van der Waals surface area (Å²) < 4.78 is 54.4. The predicted molar refractivity (Wildman–Crippen MR) is 124 cm³/mol. The van der Waals surface area contributed by atoms with Crippen molar-refractivity contribution in [2.45, 2.75) is 6.92 Å². The van der Waals surface area contributed by atoms with Crippen molar-refractivity contribution in [2.24, 2.45) is 5.92 Å². The Morgan fingerprint density at radius 3 is 2.76 bits per heavy atom. The fourth-order valence-corrected chi connectivity index (χ4v) is 7.40. The molecule has 2 heterocycles. The van der Waals surface area contributed by atoms with Crippen LogP contribution in [0, 0.1) is 11.7 Å². The summed E-state index contributed by atoms with van der Waals surface area (Å²) in [6.07, 6.45) is 1.34. The number of carbonyl (C=O) groups excluding carboxylic acids is 1. The maximum absolute atomic E-state index is 13.5. The first-order valence-corrected chi connectivity index (χ1v) is 13.6. The number of hydrogen-bond acceptors (Lipinski definition) is 8. The summed E-state index contributed by atoms with van der Waals surface area (Å²) in [5.74, 6) is -2.12. The van der Waals surface area contributed by atoms with E-state index in [0.29, 0.717) is 34.8 Å². The molecular formula is C20H18ClFN4O5S2. The molecule has 0 radical (unpaired) electrons. The van der Waals surface area contributed by atoms with Gasteiger partial charge in [-0.15, -0.1) is 0 Å². The van der Waals surface area contributed by atoms with Gasteiger partial charge in [0, 0.05) is 17.1 Å². The molecule has 1 aliphatic heterocycles. The third-order valence-corrected chi connectivity index (χ3v) is 9.73. The van der Waals surface area contributed by atoms with Crippen LogP contribution in [0.2, 0.25) is 5.02 Å². The summed E-state index contributed by atoms with van der Waals surface area (Å²) in [5, 5.41) is 6.17. The highest BCUT2D eigenvalue weighted by atomic mass is 35.5. The number of hydrogen-bond donors (Lipinski definition) is 2. The van der Waals surface area contributed by atoms with Gasteiger partial charge in [0.25, 0.3) is 0 Å². The van der Waals surface area contributed by atoms with Crippen molar-refractivity contribution >= 4 is 64.3 Å². The van der Waals surface area contributed by atoms with Crippen LogP contribution in [0.5, 0.6) is 5.75 Å². The fraction of sp³-hybridized carbons (Fsp3) is 0.250. The molecule has 4 rings (SSSR count). The number of rotatable bonds is 6. The van der Waals surface area contributed by atoms with E-state index in [1.54, 1.807) is 19.1 Å². The summed E-state index contributed by atoms with van der Waals surface area (Å²) in [4.78, 5) is 21.2. The zero-order chi connectivity index (χ0) is 23.8. The third kappa shape index (κ3) is 4.92. The summed E-state index contributed by atoms with van der Waals surface area (Å²) in [6.45, 7) is 2.08. The van der Waals surface area contributed by atoms with E-state index in [1.165, 1.54) is 24.5 Å². The third-order valence-electron chi connectivity index (χ3n) is 4.87. The Bertz CT molecular complexity index is 1390. The van der Waals surface area contributed by atoms with Gasteiger partial charge in [0.15, 0.2) is 0 Å². The van der Waals surface area contributed by atoms with Crippen LogP contribution in [0.1, 0.15) is 6.92 Å². The molecule has 2 N–H and O–H groups in total. The average Bonchev–Trinajstić information content (AvgIpc) is 3.04. The fourth-order valence-electron chi connectivity index (χ4n) is 3.29. The lowest BCUT2D eigenvalue weighted by Crippen LogP contribution is -2.26. The molecule has 2 unspecified atom stereocenters. The molecule has 1 saturated heterocycles. The van der Waals surface area contributed by atoms with Gasteiger partial charge in [-0.25, -0.2) is 27.0 Å². The second kappa shape index (κ2) is 9.20. The Balaban J connectivity index is 1.70. The molecule has 2 aromatic carbocycles. The van der Waals surface area contributed by atoms with Crippen LogP contribution >= 0.6 is 11.6 Å².